The Hall–Kier alpha value is -0.580. The van der Waals surface area contributed by atoms with Crippen LogP contribution >= 0.6 is 23.7 Å². The molecular weight excluding hydrogens is 304 g/mol. The molecule has 0 atom stereocenters. The van der Waals surface area contributed by atoms with Gasteiger partial charge in [0.2, 0.25) is 5.91 Å². The fraction of sp³-hybridized carbons (Fsp3) is 0.688. The molecule has 3 nitrogen and oxygen atoms in total. The molecule has 0 aromatic carbocycles. The first-order chi connectivity index (χ1) is 9.58. The predicted molar refractivity (Wildman–Crippen MR) is 92.6 cm³/mol. The molecule has 1 aromatic rings. The normalized spacial score (nSPS) is 15.6. The second-order valence-electron chi connectivity index (χ2n) is 5.78. The molecule has 1 saturated heterocycles. The van der Waals surface area contributed by atoms with Gasteiger partial charge in [0.05, 0.1) is 0 Å². The molecule has 1 aromatic heterocycles. The van der Waals surface area contributed by atoms with Crippen molar-refractivity contribution in [3.8, 4) is 0 Å². The molecule has 1 aliphatic heterocycles. The van der Waals surface area contributed by atoms with Crippen molar-refractivity contribution < 1.29 is 4.79 Å². The molecule has 2 heterocycles. The minimum atomic E-state index is 0. The maximum Gasteiger partial charge on any atom is 0.222 e. The largest absolute Gasteiger partial charge is 0.343 e. The van der Waals surface area contributed by atoms with Gasteiger partial charge in [-0.3, -0.25) is 4.79 Å². The first-order valence-corrected chi connectivity index (χ1v) is 8.42. The standard InChI is InChI=1S/C16H26N2OS.ClH/c1-12-11-14(13(2)20-12)5-4-6-16(19)18(3)15-7-9-17-10-8-15;/h11,15,17H,4-10H2,1-3H3;1H. The smallest absolute Gasteiger partial charge is 0.222 e. The molecule has 0 unspecified atom stereocenters. The van der Waals surface area contributed by atoms with Crippen LogP contribution in [0.1, 0.15) is 41.0 Å². The van der Waals surface area contributed by atoms with Crippen LogP contribution in [-0.2, 0) is 11.2 Å². The number of amides is 1. The summed E-state index contributed by atoms with van der Waals surface area (Å²) in [6.07, 6.45) is 4.85. The van der Waals surface area contributed by atoms with Gasteiger partial charge in [-0.25, -0.2) is 0 Å². The second-order valence-corrected chi connectivity index (χ2v) is 7.24. The van der Waals surface area contributed by atoms with Crippen molar-refractivity contribution >= 4 is 29.7 Å². The molecule has 1 amide bonds. The van der Waals surface area contributed by atoms with Gasteiger partial charge in [-0.05, 0) is 64.3 Å². The summed E-state index contributed by atoms with van der Waals surface area (Å²) >= 11 is 1.85. The highest BCUT2D eigenvalue weighted by atomic mass is 35.5. The lowest BCUT2D eigenvalue weighted by Crippen LogP contribution is -2.43. The van der Waals surface area contributed by atoms with E-state index in [1.54, 1.807) is 0 Å². The van der Waals surface area contributed by atoms with E-state index in [0.29, 0.717) is 18.4 Å². The van der Waals surface area contributed by atoms with E-state index in [4.69, 9.17) is 0 Å². The minimum absolute atomic E-state index is 0. The van der Waals surface area contributed by atoms with Crippen LogP contribution in [0.5, 0.6) is 0 Å². The number of thiophene rings is 1. The Morgan fingerprint density at radius 3 is 2.62 bits per heavy atom. The number of nitrogens with zero attached hydrogens (tertiary/aromatic N) is 1. The molecule has 1 fully saturated rings. The Balaban J connectivity index is 0.00000220. The Labute approximate surface area is 138 Å². The van der Waals surface area contributed by atoms with E-state index in [9.17, 15) is 4.79 Å². The van der Waals surface area contributed by atoms with Crippen molar-refractivity contribution in [3.63, 3.8) is 0 Å². The van der Waals surface area contributed by atoms with Gasteiger partial charge < -0.3 is 10.2 Å². The summed E-state index contributed by atoms with van der Waals surface area (Å²) in [5.41, 5.74) is 1.42. The van der Waals surface area contributed by atoms with E-state index in [1.165, 1.54) is 15.3 Å². The third-order valence-electron chi connectivity index (χ3n) is 4.23. The van der Waals surface area contributed by atoms with Gasteiger partial charge in [0.25, 0.3) is 0 Å². The number of carbonyl (C=O) groups is 1. The monoisotopic (exact) mass is 330 g/mol. The van der Waals surface area contributed by atoms with Crippen LogP contribution in [0.4, 0.5) is 0 Å². The number of hydrogen-bond donors (Lipinski definition) is 1. The highest BCUT2D eigenvalue weighted by molar-refractivity contribution is 7.12. The van der Waals surface area contributed by atoms with Crippen LogP contribution in [-0.4, -0.2) is 37.0 Å². The quantitative estimate of drug-likeness (QED) is 0.898. The van der Waals surface area contributed by atoms with E-state index < -0.39 is 0 Å². The van der Waals surface area contributed by atoms with Crippen molar-refractivity contribution in [3.05, 3.63) is 21.4 Å². The van der Waals surface area contributed by atoms with Gasteiger partial charge in [0, 0.05) is 29.3 Å². The minimum Gasteiger partial charge on any atom is -0.343 e. The molecule has 21 heavy (non-hydrogen) atoms. The predicted octanol–water partition coefficient (Wildman–Crippen LogP) is 3.32. The van der Waals surface area contributed by atoms with Crippen LogP contribution < -0.4 is 5.32 Å². The summed E-state index contributed by atoms with van der Waals surface area (Å²) in [7, 11) is 1.97. The number of carbonyl (C=O) groups excluding carboxylic acids is 1. The highest BCUT2D eigenvalue weighted by Crippen LogP contribution is 2.22. The Morgan fingerprint density at radius 1 is 1.38 bits per heavy atom. The maximum atomic E-state index is 12.2. The topological polar surface area (TPSA) is 32.3 Å². The van der Waals surface area contributed by atoms with Crippen LogP contribution in [0.25, 0.3) is 0 Å². The second kappa shape index (κ2) is 8.76. The third-order valence-corrected chi connectivity index (χ3v) is 5.24. The van der Waals surface area contributed by atoms with Gasteiger partial charge in [-0.2, -0.15) is 0 Å². The first-order valence-electron chi connectivity index (χ1n) is 7.60. The summed E-state index contributed by atoms with van der Waals surface area (Å²) < 4.78 is 0. The van der Waals surface area contributed by atoms with Gasteiger partial charge in [-0.1, -0.05) is 0 Å². The average molecular weight is 331 g/mol. The maximum absolute atomic E-state index is 12.2. The number of piperidine rings is 1. The van der Waals surface area contributed by atoms with E-state index in [-0.39, 0.29) is 12.4 Å². The van der Waals surface area contributed by atoms with Crippen LogP contribution in [0.2, 0.25) is 0 Å². The Morgan fingerprint density at radius 2 is 2.05 bits per heavy atom. The van der Waals surface area contributed by atoms with Gasteiger partial charge in [0.15, 0.2) is 0 Å². The summed E-state index contributed by atoms with van der Waals surface area (Å²) in [4.78, 5) is 17.0. The molecule has 2 rings (SSSR count). The van der Waals surface area contributed by atoms with E-state index >= 15 is 0 Å². The first kappa shape index (κ1) is 18.5. The number of rotatable bonds is 5. The lowest BCUT2D eigenvalue weighted by molar-refractivity contribution is -0.132. The molecule has 0 radical (unpaired) electrons. The average Bonchev–Trinajstić information content (AvgIpc) is 2.77. The Kier molecular flexibility index (Phi) is 7.71. The molecule has 5 heteroatoms. The van der Waals surface area contributed by atoms with Crippen molar-refractivity contribution in [2.24, 2.45) is 0 Å². The van der Waals surface area contributed by atoms with Crippen LogP contribution in [0.3, 0.4) is 0 Å². The van der Waals surface area contributed by atoms with Crippen LogP contribution in [0, 0.1) is 13.8 Å². The van der Waals surface area contributed by atoms with Gasteiger partial charge >= 0.3 is 0 Å². The molecular formula is C16H27ClN2OS. The fourth-order valence-electron chi connectivity index (χ4n) is 2.94. The zero-order chi connectivity index (χ0) is 14.5. The lowest BCUT2D eigenvalue weighted by Gasteiger charge is -2.31. The van der Waals surface area contributed by atoms with Crippen LogP contribution in [0.15, 0.2) is 6.07 Å². The zero-order valence-electron chi connectivity index (χ0n) is 13.3. The van der Waals surface area contributed by atoms with E-state index in [2.05, 4.69) is 25.2 Å². The lowest BCUT2D eigenvalue weighted by atomic mass is 10.0. The van der Waals surface area contributed by atoms with E-state index in [0.717, 1.165) is 38.8 Å². The zero-order valence-corrected chi connectivity index (χ0v) is 14.9. The van der Waals surface area contributed by atoms with Gasteiger partial charge in [-0.15, -0.1) is 23.7 Å². The van der Waals surface area contributed by atoms with Crippen molar-refractivity contribution in [2.75, 3.05) is 20.1 Å². The number of nitrogens with one attached hydrogen (secondary N) is 1. The number of hydrogen-bond acceptors (Lipinski definition) is 3. The molecule has 1 aliphatic rings. The number of halogens is 1. The van der Waals surface area contributed by atoms with Gasteiger partial charge in [0.1, 0.15) is 0 Å². The highest BCUT2D eigenvalue weighted by Gasteiger charge is 2.21. The SMILES string of the molecule is Cc1cc(CCCC(=O)N(C)C2CCNCC2)c(C)s1.Cl. The molecule has 0 spiro atoms. The summed E-state index contributed by atoms with van der Waals surface area (Å²) in [6, 6.07) is 2.70. The molecule has 0 bridgehead atoms. The molecule has 120 valence electrons. The van der Waals surface area contributed by atoms with E-state index in [1.807, 2.05) is 23.3 Å². The third kappa shape index (κ3) is 5.28. The Bertz CT molecular complexity index is 455. The van der Waals surface area contributed by atoms with Crippen molar-refractivity contribution in [1.82, 2.24) is 10.2 Å². The van der Waals surface area contributed by atoms with Crippen molar-refractivity contribution in [1.29, 1.82) is 0 Å². The summed E-state index contributed by atoms with van der Waals surface area (Å²) in [5, 5.41) is 3.34. The van der Waals surface area contributed by atoms with Crippen molar-refractivity contribution in [2.45, 2.75) is 52.0 Å². The molecule has 0 aliphatic carbocycles. The summed E-state index contributed by atoms with van der Waals surface area (Å²) in [6.45, 7) is 6.40. The molecule has 0 saturated carbocycles. The fourth-order valence-corrected chi connectivity index (χ4v) is 3.91. The molecule has 1 N–H and O–H groups in total. The summed E-state index contributed by atoms with van der Waals surface area (Å²) in [5.74, 6) is 0.307. The number of aryl methyl sites for hydroxylation is 3.